The second-order valence-corrected chi connectivity index (χ2v) is 6.74. The molecule has 0 amide bonds. The van der Waals surface area contributed by atoms with E-state index in [0.29, 0.717) is 11.9 Å². The smallest absolute Gasteiger partial charge is 0.372 e. The molecular formula is C17H26N4O3. The number of piperidine rings is 1. The van der Waals surface area contributed by atoms with E-state index in [-0.39, 0.29) is 22.6 Å². The van der Waals surface area contributed by atoms with Crippen LogP contribution in [0.25, 0.3) is 0 Å². The summed E-state index contributed by atoms with van der Waals surface area (Å²) in [6, 6.07) is 0.301. The molecule has 1 aliphatic heterocycles. The summed E-state index contributed by atoms with van der Waals surface area (Å²) in [5.41, 5.74) is -0.0663. The molecule has 1 aromatic rings. The Kier molecular flexibility index (Phi) is 5.48. The van der Waals surface area contributed by atoms with Crippen molar-refractivity contribution in [1.29, 1.82) is 0 Å². The van der Waals surface area contributed by atoms with Gasteiger partial charge in [0.1, 0.15) is 12.4 Å². The highest BCUT2D eigenvalue weighted by Crippen LogP contribution is 2.38. The molecule has 1 saturated carbocycles. The fourth-order valence-corrected chi connectivity index (χ4v) is 3.85. The van der Waals surface area contributed by atoms with Crippen molar-refractivity contribution in [3.63, 3.8) is 0 Å². The maximum Gasteiger partial charge on any atom is 0.372 e. The Balaban J connectivity index is 1.91. The van der Waals surface area contributed by atoms with Crippen LogP contribution in [-0.4, -0.2) is 33.6 Å². The molecule has 1 atom stereocenters. The molecule has 0 bridgehead atoms. The Hall–Kier alpha value is -1.92. The predicted molar refractivity (Wildman–Crippen MR) is 91.5 cm³/mol. The Morgan fingerprint density at radius 3 is 2.67 bits per heavy atom. The first-order valence-electron chi connectivity index (χ1n) is 9.13. The van der Waals surface area contributed by atoms with Gasteiger partial charge in [-0.25, -0.2) is 4.98 Å². The van der Waals surface area contributed by atoms with Crippen molar-refractivity contribution in [3.8, 4) is 5.88 Å². The van der Waals surface area contributed by atoms with E-state index in [2.05, 4.69) is 21.8 Å². The molecule has 1 aromatic heterocycles. The second kappa shape index (κ2) is 7.77. The average molecular weight is 334 g/mol. The van der Waals surface area contributed by atoms with Gasteiger partial charge in [0, 0.05) is 12.6 Å². The van der Waals surface area contributed by atoms with Crippen molar-refractivity contribution < 1.29 is 9.66 Å². The van der Waals surface area contributed by atoms with E-state index in [1.165, 1.54) is 19.2 Å². The molecule has 7 heteroatoms. The van der Waals surface area contributed by atoms with Gasteiger partial charge in [-0.3, -0.25) is 10.1 Å². The minimum atomic E-state index is -0.380. The number of anilines is 1. The van der Waals surface area contributed by atoms with Gasteiger partial charge in [0.15, 0.2) is 0 Å². The molecular weight excluding hydrogens is 308 g/mol. The van der Waals surface area contributed by atoms with E-state index in [0.717, 1.165) is 51.5 Å². The third kappa shape index (κ3) is 3.60. The molecule has 1 aliphatic carbocycles. The minimum absolute atomic E-state index is 0.0310. The van der Waals surface area contributed by atoms with Gasteiger partial charge in [0.25, 0.3) is 5.88 Å². The standard InChI is InChI=1S/C17H26N4O3/c1-2-13-8-6-7-11-20(13)16-15(21(22)23)17(19-12-18-16)24-14-9-4-3-5-10-14/h12-14H,2-11H2,1H3. The molecule has 0 aromatic carbocycles. The first kappa shape index (κ1) is 16.9. The second-order valence-electron chi connectivity index (χ2n) is 6.74. The Morgan fingerprint density at radius 2 is 1.96 bits per heavy atom. The van der Waals surface area contributed by atoms with E-state index < -0.39 is 0 Å². The first-order valence-corrected chi connectivity index (χ1v) is 9.13. The number of hydrogen-bond donors (Lipinski definition) is 0. The number of hydrogen-bond acceptors (Lipinski definition) is 6. The normalized spacial score (nSPS) is 22.4. The monoisotopic (exact) mass is 334 g/mol. The summed E-state index contributed by atoms with van der Waals surface area (Å²) in [7, 11) is 0. The molecule has 132 valence electrons. The van der Waals surface area contributed by atoms with Crippen molar-refractivity contribution in [3.05, 3.63) is 16.4 Å². The van der Waals surface area contributed by atoms with Crippen LogP contribution in [0, 0.1) is 10.1 Å². The van der Waals surface area contributed by atoms with Crippen LogP contribution < -0.4 is 9.64 Å². The molecule has 0 N–H and O–H groups in total. The lowest BCUT2D eigenvalue weighted by Gasteiger charge is -2.35. The summed E-state index contributed by atoms with van der Waals surface area (Å²) in [6.45, 7) is 2.93. The summed E-state index contributed by atoms with van der Waals surface area (Å²) < 4.78 is 5.93. The van der Waals surface area contributed by atoms with Gasteiger partial charge in [0.05, 0.1) is 4.92 Å². The Labute approximate surface area is 142 Å². The average Bonchev–Trinajstić information content (AvgIpc) is 2.62. The van der Waals surface area contributed by atoms with Gasteiger partial charge >= 0.3 is 5.69 Å². The lowest BCUT2D eigenvalue weighted by Crippen LogP contribution is -2.40. The van der Waals surface area contributed by atoms with Crippen LogP contribution in [-0.2, 0) is 0 Å². The fourth-order valence-electron chi connectivity index (χ4n) is 3.85. The van der Waals surface area contributed by atoms with Crippen molar-refractivity contribution in [2.45, 2.75) is 76.9 Å². The number of rotatable bonds is 5. The lowest BCUT2D eigenvalue weighted by molar-refractivity contribution is -0.385. The van der Waals surface area contributed by atoms with Crippen molar-refractivity contribution in [2.75, 3.05) is 11.4 Å². The first-order chi connectivity index (χ1) is 11.7. The molecule has 1 saturated heterocycles. The maximum atomic E-state index is 11.7. The third-order valence-electron chi connectivity index (χ3n) is 5.15. The zero-order chi connectivity index (χ0) is 16.9. The number of nitrogens with zero attached hydrogens (tertiary/aromatic N) is 4. The number of ether oxygens (including phenoxy) is 1. The number of nitro groups is 1. The highest BCUT2D eigenvalue weighted by atomic mass is 16.6. The van der Waals surface area contributed by atoms with Gasteiger partial charge in [-0.05, 0) is 51.4 Å². The van der Waals surface area contributed by atoms with Gasteiger partial charge in [-0.15, -0.1) is 0 Å². The highest BCUT2D eigenvalue weighted by Gasteiger charge is 2.33. The van der Waals surface area contributed by atoms with E-state index in [9.17, 15) is 10.1 Å². The molecule has 7 nitrogen and oxygen atoms in total. The van der Waals surface area contributed by atoms with Crippen molar-refractivity contribution in [2.24, 2.45) is 0 Å². The van der Waals surface area contributed by atoms with Gasteiger partial charge < -0.3 is 9.64 Å². The highest BCUT2D eigenvalue weighted by molar-refractivity contribution is 5.63. The molecule has 1 unspecified atom stereocenters. The van der Waals surface area contributed by atoms with Crippen LogP contribution in [0.4, 0.5) is 11.5 Å². The molecule has 0 spiro atoms. The predicted octanol–water partition coefficient (Wildman–Crippen LogP) is 3.87. The fraction of sp³-hybridized carbons (Fsp3) is 0.765. The molecule has 24 heavy (non-hydrogen) atoms. The molecule has 0 radical (unpaired) electrons. The van der Waals surface area contributed by atoms with E-state index in [1.807, 2.05) is 0 Å². The molecule has 2 heterocycles. The van der Waals surface area contributed by atoms with Gasteiger partial charge in [0.2, 0.25) is 5.82 Å². The summed E-state index contributed by atoms with van der Waals surface area (Å²) in [6.07, 6.45) is 11.0. The van der Waals surface area contributed by atoms with Crippen molar-refractivity contribution in [1.82, 2.24) is 9.97 Å². The van der Waals surface area contributed by atoms with E-state index in [1.54, 1.807) is 0 Å². The largest absolute Gasteiger partial charge is 0.469 e. The lowest BCUT2D eigenvalue weighted by atomic mass is 9.98. The molecule has 2 fully saturated rings. The summed E-state index contributed by atoms with van der Waals surface area (Å²) in [4.78, 5) is 21.8. The van der Waals surface area contributed by atoms with Gasteiger partial charge in [-0.2, -0.15) is 4.98 Å². The van der Waals surface area contributed by atoms with Crippen LogP contribution >= 0.6 is 0 Å². The van der Waals surface area contributed by atoms with E-state index in [4.69, 9.17) is 4.74 Å². The third-order valence-corrected chi connectivity index (χ3v) is 5.15. The summed E-state index contributed by atoms with van der Waals surface area (Å²) >= 11 is 0. The molecule has 3 rings (SSSR count). The quantitative estimate of drug-likeness (QED) is 0.600. The summed E-state index contributed by atoms with van der Waals surface area (Å²) in [5.74, 6) is 0.560. The topological polar surface area (TPSA) is 81.4 Å². The van der Waals surface area contributed by atoms with Crippen LogP contribution in [0.1, 0.15) is 64.7 Å². The molecule has 2 aliphatic rings. The zero-order valence-corrected chi connectivity index (χ0v) is 14.3. The maximum absolute atomic E-state index is 11.7. The van der Waals surface area contributed by atoms with Gasteiger partial charge in [-0.1, -0.05) is 13.3 Å². The Morgan fingerprint density at radius 1 is 1.21 bits per heavy atom. The van der Waals surface area contributed by atoms with Crippen LogP contribution in [0.5, 0.6) is 5.88 Å². The van der Waals surface area contributed by atoms with Crippen LogP contribution in [0.2, 0.25) is 0 Å². The minimum Gasteiger partial charge on any atom is -0.469 e. The van der Waals surface area contributed by atoms with Crippen LogP contribution in [0.3, 0.4) is 0 Å². The van der Waals surface area contributed by atoms with E-state index >= 15 is 0 Å². The van der Waals surface area contributed by atoms with Crippen LogP contribution in [0.15, 0.2) is 6.33 Å². The van der Waals surface area contributed by atoms with Crippen molar-refractivity contribution >= 4 is 11.5 Å². The summed E-state index contributed by atoms with van der Waals surface area (Å²) in [5, 5.41) is 11.7. The zero-order valence-electron chi connectivity index (χ0n) is 14.3. The Bertz CT molecular complexity index is 575. The SMILES string of the molecule is CCC1CCCCN1c1ncnc(OC2CCCCC2)c1[N+](=O)[O-]. The number of aromatic nitrogens is 2.